The molecule has 3 aromatic rings. The molecular weight excluding hydrogens is 468 g/mol. The van der Waals surface area contributed by atoms with E-state index in [9.17, 15) is 9.59 Å². The van der Waals surface area contributed by atoms with Crippen LogP contribution in [0.4, 0.5) is 5.69 Å². The van der Waals surface area contributed by atoms with Gasteiger partial charge in [0.2, 0.25) is 0 Å². The number of methoxy groups -OCH3 is 3. The molecule has 3 rings (SSSR count). The Morgan fingerprint density at radius 3 is 2.45 bits per heavy atom. The molecule has 1 heterocycles. The standard InChI is InChI=1S/C23H23ClN2O6S/c1-13-7-17(19(30-3)10-16(13)24)26-21(27)11-32-22(28)9-15-12-33-23(25-15)14-5-6-18(29-2)20(8-14)31-4/h5-8,10,12H,9,11H2,1-4H3,(H,26,27). The summed E-state index contributed by atoms with van der Waals surface area (Å²) >= 11 is 7.46. The van der Waals surface area contributed by atoms with E-state index in [1.165, 1.54) is 18.4 Å². The molecule has 0 aliphatic carbocycles. The largest absolute Gasteiger partial charge is 0.495 e. The Morgan fingerprint density at radius 1 is 1.03 bits per heavy atom. The zero-order valence-electron chi connectivity index (χ0n) is 18.6. The first-order valence-electron chi connectivity index (χ1n) is 9.81. The highest BCUT2D eigenvalue weighted by Gasteiger charge is 2.15. The summed E-state index contributed by atoms with van der Waals surface area (Å²) in [6, 6.07) is 8.76. The van der Waals surface area contributed by atoms with Gasteiger partial charge in [0.15, 0.2) is 18.1 Å². The van der Waals surface area contributed by atoms with Crippen LogP contribution in [0.5, 0.6) is 17.2 Å². The molecule has 10 heteroatoms. The number of ether oxygens (including phenoxy) is 4. The summed E-state index contributed by atoms with van der Waals surface area (Å²) in [4.78, 5) is 28.9. The Morgan fingerprint density at radius 2 is 1.76 bits per heavy atom. The molecule has 0 saturated carbocycles. The van der Waals surface area contributed by atoms with Crippen molar-refractivity contribution in [1.82, 2.24) is 4.98 Å². The van der Waals surface area contributed by atoms with Gasteiger partial charge in [0.1, 0.15) is 10.8 Å². The lowest BCUT2D eigenvalue weighted by Gasteiger charge is -2.12. The molecule has 1 amide bonds. The van der Waals surface area contributed by atoms with Crippen LogP contribution in [0.2, 0.25) is 5.02 Å². The summed E-state index contributed by atoms with van der Waals surface area (Å²) in [7, 11) is 4.60. The van der Waals surface area contributed by atoms with Crippen molar-refractivity contribution in [3.05, 3.63) is 52.0 Å². The fraction of sp³-hybridized carbons (Fsp3) is 0.261. The molecule has 0 aliphatic heterocycles. The average Bonchev–Trinajstić information content (AvgIpc) is 3.27. The minimum Gasteiger partial charge on any atom is -0.495 e. The Labute approximate surface area is 200 Å². The van der Waals surface area contributed by atoms with Gasteiger partial charge in [-0.1, -0.05) is 11.6 Å². The highest BCUT2D eigenvalue weighted by atomic mass is 35.5. The lowest BCUT2D eigenvalue weighted by molar-refractivity contribution is -0.146. The number of hydrogen-bond donors (Lipinski definition) is 1. The van der Waals surface area contributed by atoms with Crippen LogP contribution < -0.4 is 19.5 Å². The summed E-state index contributed by atoms with van der Waals surface area (Å²) in [5.41, 5.74) is 2.60. The van der Waals surface area contributed by atoms with Crippen molar-refractivity contribution in [1.29, 1.82) is 0 Å². The number of thiazole rings is 1. The molecule has 8 nitrogen and oxygen atoms in total. The fourth-order valence-electron chi connectivity index (χ4n) is 2.95. The SMILES string of the molecule is COc1cc(Cl)c(C)cc1NC(=O)COC(=O)Cc1csc(-c2ccc(OC)c(OC)c2)n1. The van der Waals surface area contributed by atoms with Crippen molar-refractivity contribution < 1.29 is 28.5 Å². The molecular formula is C23H23ClN2O6S. The van der Waals surface area contributed by atoms with Crippen LogP contribution in [0.15, 0.2) is 35.7 Å². The van der Waals surface area contributed by atoms with Gasteiger partial charge in [-0.15, -0.1) is 11.3 Å². The van der Waals surface area contributed by atoms with Crippen molar-refractivity contribution in [3.63, 3.8) is 0 Å². The van der Waals surface area contributed by atoms with Crippen LogP contribution in [0, 0.1) is 6.92 Å². The molecule has 1 N–H and O–H groups in total. The number of benzene rings is 2. The average molecular weight is 491 g/mol. The van der Waals surface area contributed by atoms with Gasteiger partial charge in [-0.2, -0.15) is 0 Å². The molecule has 2 aromatic carbocycles. The predicted molar refractivity (Wildman–Crippen MR) is 127 cm³/mol. The van der Waals surface area contributed by atoms with Crippen molar-refractivity contribution in [3.8, 4) is 27.8 Å². The van der Waals surface area contributed by atoms with E-state index in [0.717, 1.165) is 16.1 Å². The number of nitrogens with one attached hydrogen (secondary N) is 1. The summed E-state index contributed by atoms with van der Waals surface area (Å²) < 4.78 is 20.9. The topological polar surface area (TPSA) is 96.0 Å². The quantitative estimate of drug-likeness (QED) is 0.440. The zero-order valence-corrected chi connectivity index (χ0v) is 20.1. The third kappa shape index (κ3) is 6.15. The summed E-state index contributed by atoms with van der Waals surface area (Å²) in [5, 5.41) is 5.68. The number of aryl methyl sites for hydroxylation is 1. The van der Waals surface area contributed by atoms with Gasteiger partial charge < -0.3 is 24.3 Å². The van der Waals surface area contributed by atoms with Gasteiger partial charge in [-0.25, -0.2) is 4.98 Å². The molecule has 1 aromatic heterocycles. The maximum Gasteiger partial charge on any atom is 0.312 e. The third-order valence-electron chi connectivity index (χ3n) is 4.63. The highest BCUT2D eigenvalue weighted by molar-refractivity contribution is 7.13. The van der Waals surface area contributed by atoms with Crippen molar-refractivity contribution in [2.75, 3.05) is 33.3 Å². The van der Waals surface area contributed by atoms with E-state index in [1.807, 2.05) is 19.1 Å². The molecule has 174 valence electrons. The monoisotopic (exact) mass is 490 g/mol. The number of esters is 1. The number of anilines is 1. The molecule has 0 spiro atoms. The molecule has 33 heavy (non-hydrogen) atoms. The summed E-state index contributed by atoms with van der Waals surface area (Å²) in [5.74, 6) is 0.563. The first-order valence-corrected chi connectivity index (χ1v) is 11.1. The smallest absolute Gasteiger partial charge is 0.312 e. The molecule has 0 unspecified atom stereocenters. The van der Waals surface area contributed by atoms with Crippen LogP contribution >= 0.6 is 22.9 Å². The van der Waals surface area contributed by atoms with Gasteiger partial charge in [0.05, 0.1) is 39.1 Å². The lowest BCUT2D eigenvalue weighted by atomic mass is 10.2. The van der Waals surface area contributed by atoms with Crippen LogP contribution in [0.3, 0.4) is 0 Å². The van der Waals surface area contributed by atoms with E-state index >= 15 is 0 Å². The van der Waals surface area contributed by atoms with Gasteiger partial charge in [-0.3, -0.25) is 9.59 Å². The minimum absolute atomic E-state index is 0.0551. The van der Waals surface area contributed by atoms with E-state index < -0.39 is 18.5 Å². The lowest BCUT2D eigenvalue weighted by Crippen LogP contribution is -2.22. The van der Waals surface area contributed by atoms with Gasteiger partial charge in [0, 0.05) is 22.0 Å². The maximum atomic E-state index is 12.2. The second-order valence-corrected chi connectivity index (χ2v) is 8.17. The number of rotatable bonds is 9. The van der Waals surface area contributed by atoms with Gasteiger partial charge in [0.25, 0.3) is 5.91 Å². The van der Waals surface area contributed by atoms with E-state index in [4.69, 9.17) is 30.5 Å². The van der Waals surface area contributed by atoms with E-state index in [2.05, 4.69) is 10.3 Å². The molecule has 0 atom stereocenters. The van der Waals surface area contributed by atoms with Gasteiger partial charge in [-0.05, 0) is 36.8 Å². The minimum atomic E-state index is -0.562. The molecule has 0 aliphatic rings. The number of halogens is 1. The Bertz CT molecular complexity index is 1160. The van der Waals surface area contributed by atoms with Crippen LogP contribution in [-0.4, -0.2) is 44.8 Å². The van der Waals surface area contributed by atoms with Crippen molar-refractivity contribution in [2.45, 2.75) is 13.3 Å². The second-order valence-electron chi connectivity index (χ2n) is 6.90. The first kappa shape index (κ1) is 24.3. The molecule has 0 saturated heterocycles. The first-order chi connectivity index (χ1) is 15.8. The van der Waals surface area contributed by atoms with E-state index in [-0.39, 0.29) is 6.42 Å². The summed E-state index contributed by atoms with van der Waals surface area (Å²) in [6.07, 6.45) is -0.0551. The number of hydrogen-bond acceptors (Lipinski definition) is 8. The van der Waals surface area contributed by atoms with Crippen LogP contribution in [-0.2, 0) is 20.7 Å². The second kappa shape index (κ2) is 11.0. The number of carbonyl (C=O) groups excluding carboxylic acids is 2. The molecule has 0 fully saturated rings. The van der Waals surface area contributed by atoms with E-state index in [1.54, 1.807) is 37.8 Å². The number of nitrogens with zero attached hydrogens (tertiary/aromatic N) is 1. The summed E-state index contributed by atoms with van der Waals surface area (Å²) in [6.45, 7) is 1.37. The molecule has 0 bridgehead atoms. The van der Waals surface area contributed by atoms with Gasteiger partial charge >= 0.3 is 5.97 Å². The highest BCUT2D eigenvalue weighted by Crippen LogP contribution is 2.34. The third-order valence-corrected chi connectivity index (χ3v) is 5.97. The number of amides is 1. The normalized spacial score (nSPS) is 10.5. The molecule has 0 radical (unpaired) electrons. The number of aromatic nitrogens is 1. The number of carbonyl (C=O) groups is 2. The predicted octanol–water partition coefficient (Wildman–Crippen LogP) is 4.52. The Hall–Kier alpha value is -3.30. The fourth-order valence-corrected chi connectivity index (χ4v) is 3.92. The Kier molecular flexibility index (Phi) is 8.13. The van der Waals surface area contributed by atoms with Crippen molar-refractivity contribution >= 4 is 40.5 Å². The zero-order chi connectivity index (χ0) is 24.0. The van der Waals surface area contributed by atoms with Crippen LogP contribution in [0.1, 0.15) is 11.3 Å². The van der Waals surface area contributed by atoms with Crippen LogP contribution in [0.25, 0.3) is 10.6 Å². The van der Waals surface area contributed by atoms with Crippen molar-refractivity contribution in [2.24, 2.45) is 0 Å². The Balaban J connectivity index is 1.56. The maximum absolute atomic E-state index is 12.2. The van der Waals surface area contributed by atoms with E-state index in [0.29, 0.717) is 33.7 Å².